The molecule has 1 aliphatic heterocycles. The van der Waals surface area contributed by atoms with E-state index in [0.29, 0.717) is 5.92 Å². The van der Waals surface area contributed by atoms with E-state index in [1.165, 1.54) is 16.3 Å². The molecule has 2 aromatic rings. The number of hydrogen-bond donors (Lipinski definition) is 2. The smallest absolute Gasteiger partial charge is 0.107 e. The molecule has 0 saturated carbocycles. The van der Waals surface area contributed by atoms with Crippen molar-refractivity contribution in [1.82, 2.24) is 10.3 Å². The van der Waals surface area contributed by atoms with E-state index in [0.717, 1.165) is 31.7 Å². The van der Waals surface area contributed by atoms with Crippen LogP contribution < -0.4 is 10.6 Å². The Labute approximate surface area is 118 Å². The fourth-order valence-corrected chi connectivity index (χ4v) is 3.26. The van der Waals surface area contributed by atoms with Gasteiger partial charge in [-0.05, 0) is 30.9 Å². The van der Waals surface area contributed by atoms with Crippen LogP contribution in [0.3, 0.4) is 0 Å². The molecule has 0 radical (unpaired) electrons. The van der Waals surface area contributed by atoms with Crippen LogP contribution in [-0.2, 0) is 13.0 Å². The highest BCUT2D eigenvalue weighted by Crippen LogP contribution is 2.23. The van der Waals surface area contributed by atoms with Crippen molar-refractivity contribution in [2.45, 2.75) is 19.9 Å². The van der Waals surface area contributed by atoms with Crippen molar-refractivity contribution in [2.24, 2.45) is 5.92 Å². The second-order valence-corrected chi connectivity index (χ2v) is 6.06. The third-order valence-corrected chi connectivity index (χ3v) is 4.45. The first-order valence-electron chi connectivity index (χ1n) is 6.75. The third-order valence-electron chi connectivity index (χ3n) is 3.48. The molecule has 0 bridgehead atoms. The largest absolute Gasteiger partial charge is 0.384 e. The molecular weight excluding hydrogens is 254 g/mol. The predicted octanol–water partition coefficient (Wildman–Crippen LogP) is 2.83. The standard InChI is InChI=1S/C15H19N3S/c1-11-10-19-15(18-11)9-16-7-12-6-13-4-2-3-5-14(13)17-8-12/h2-5,10,12,16-17H,6-9H2,1H3. The van der Waals surface area contributed by atoms with Gasteiger partial charge in [0.25, 0.3) is 0 Å². The van der Waals surface area contributed by atoms with E-state index in [-0.39, 0.29) is 0 Å². The zero-order valence-corrected chi connectivity index (χ0v) is 12.0. The van der Waals surface area contributed by atoms with Gasteiger partial charge in [0.2, 0.25) is 0 Å². The minimum Gasteiger partial charge on any atom is -0.384 e. The number of nitrogens with zero attached hydrogens (tertiary/aromatic N) is 1. The minimum atomic E-state index is 0.663. The molecule has 0 amide bonds. The molecule has 2 heterocycles. The van der Waals surface area contributed by atoms with E-state index in [4.69, 9.17) is 0 Å². The molecule has 1 unspecified atom stereocenters. The summed E-state index contributed by atoms with van der Waals surface area (Å²) in [6, 6.07) is 8.60. The van der Waals surface area contributed by atoms with Crippen molar-refractivity contribution in [2.75, 3.05) is 18.4 Å². The Bertz CT molecular complexity index is 550. The number of hydrogen-bond acceptors (Lipinski definition) is 4. The highest BCUT2D eigenvalue weighted by atomic mass is 32.1. The first-order valence-corrected chi connectivity index (χ1v) is 7.63. The van der Waals surface area contributed by atoms with Crippen LogP contribution in [0.5, 0.6) is 0 Å². The zero-order chi connectivity index (χ0) is 13.1. The Kier molecular flexibility index (Phi) is 3.80. The van der Waals surface area contributed by atoms with Gasteiger partial charge in [0.15, 0.2) is 0 Å². The number of benzene rings is 1. The fourth-order valence-electron chi connectivity index (χ4n) is 2.52. The van der Waals surface area contributed by atoms with Gasteiger partial charge < -0.3 is 10.6 Å². The maximum atomic E-state index is 4.47. The van der Waals surface area contributed by atoms with E-state index >= 15 is 0 Å². The summed E-state index contributed by atoms with van der Waals surface area (Å²) < 4.78 is 0. The summed E-state index contributed by atoms with van der Waals surface area (Å²) >= 11 is 1.74. The second-order valence-electron chi connectivity index (χ2n) is 5.12. The SMILES string of the molecule is Cc1csc(CNCC2CNc3ccccc3C2)n1. The first kappa shape index (κ1) is 12.6. The summed E-state index contributed by atoms with van der Waals surface area (Å²) in [5, 5.41) is 10.3. The van der Waals surface area contributed by atoms with Crippen LogP contribution in [0.15, 0.2) is 29.6 Å². The van der Waals surface area contributed by atoms with Gasteiger partial charge in [-0.1, -0.05) is 18.2 Å². The molecule has 0 fully saturated rings. The van der Waals surface area contributed by atoms with Crippen LogP contribution in [-0.4, -0.2) is 18.1 Å². The van der Waals surface area contributed by atoms with Crippen LogP contribution in [0, 0.1) is 12.8 Å². The number of fused-ring (bicyclic) bond motifs is 1. The lowest BCUT2D eigenvalue weighted by Gasteiger charge is -2.26. The quantitative estimate of drug-likeness (QED) is 0.899. The minimum absolute atomic E-state index is 0.663. The van der Waals surface area contributed by atoms with Crippen LogP contribution in [0.25, 0.3) is 0 Å². The zero-order valence-electron chi connectivity index (χ0n) is 11.1. The molecule has 1 aromatic heterocycles. The topological polar surface area (TPSA) is 37.0 Å². The Morgan fingerprint density at radius 1 is 1.42 bits per heavy atom. The van der Waals surface area contributed by atoms with E-state index in [1.807, 2.05) is 6.92 Å². The lowest BCUT2D eigenvalue weighted by Crippen LogP contribution is -2.32. The molecule has 3 rings (SSSR count). The average Bonchev–Trinajstić information content (AvgIpc) is 2.84. The fraction of sp³-hybridized carbons (Fsp3) is 0.400. The van der Waals surface area contributed by atoms with Crippen LogP contribution in [0.1, 0.15) is 16.3 Å². The predicted molar refractivity (Wildman–Crippen MR) is 80.7 cm³/mol. The number of aryl methyl sites for hydroxylation is 1. The van der Waals surface area contributed by atoms with Crippen LogP contribution in [0.2, 0.25) is 0 Å². The molecule has 4 heteroatoms. The molecule has 0 spiro atoms. The molecule has 0 saturated heterocycles. The number of para-hydroxylation sites is 1. The lowest BCUT2D eigenvalue weighted by molar-refractivity contribution is 0.483. The van der Waals surface area contributed by atoms with Gasteiger partial charge in [0, 0.05) is 36.4 Å². The van der Waals surface area contributed by atoms with Crippen molar-refractivity contribution in [3.8, 4) is 0 Å². The summed E-state index contributed by atoms with van der Waals surface area (Å²) in [4.78, 5) is 4.47. The maximum absolute atomic E-state index is 4.47. The van der Waals surface area contributed by atoms with E-state index in [1.54, 1.807) is 11.3 Å². The summed E-state index contributed by atoms with van der Waals surface area (Å²) in [5.41, 5.74) is 3.86. The number of anilines is 1. The monoisotopic (exact) mass is 273 g/mol. The Morgan fingerprint density at radius 2 is 2.32 bits per heavy atom. The Balaban J connectivity index is 1.50. The molecular formula is C15H19N3S. The van der Waals surface area contributed by atoms with Gasteiger partial charge in [-0.3, -0.25) is 0 Å². The van der Waals surface area contributed by atoms with Crippen molar-refractivity contribution < 1.29 is 0 Å². The molecule has 0 aliphatic carbocycles. The summed E-state index contributed by atoms with van der Waals surface area (Å²) in [6.45, 7) is 5.03. The summed E-state index contributed by atoms with van der Waals surface area (Å²) in [7, 11) is 0. The summed E-state index contributed by atoms with van der Waals surface area (Å²) in [5.74, 6) is 0.663. The van der Waals surface area contributed by atoms with Crippen molar-refractivity contribution in [3.05, 3.63) is 45.9 Å². The third kappa shape index (κ3) is 3.14. The average molecular weight is 273 g/mol. The summed E-state index contributed by atoms with van der Waals surface area (Å²) in [6.07, 6.45) is 1.16. The van der Waals surface area contributed by atoms with E-state index in [9.17, 15) is 0 Å². The normalized spacial score (nSPS) is 17.8. The maximum Gasteiger partial charge on any atom is 0.107 e. The number of nitrogens with one attached hydrogen (secondary N) is 2. The van der Waals surface area contributed by atoms with Gasteiger partial charge in [-0.2, -0.15) is 0 Å². The highest BCUT2D eigenvalue weighted by molar-refractivity contribution is 7.09. The second kappa shape index (κ2) is 5.72. The van der Waals surface area contributed by atoms with Crippen LogP contribution in [0.4, 0.5) is 5.69 Å². The number of rotatable bonds is 4. The molecule has 19 heavy (non-hydrogen) atoms. The van der Waals surface area contributed by atoms with Crippen molar-refractivity contribution >= 4 is 17.0 Å². The first-order chi connectivity index (χ1) is 9.31. The van der Waals surface area contributed by atoms with Crippen molar-refractivity contribution in [3.63, 3.8) is 0 Å². The molecule has 100 valence electrons. The molecule has 3 nitrogen and oxygen atoms in total. The Hall–Kier alpha value is -1.39. The van der Waals surface area contributed by atoms with Gasteiger partial charge in [-0.15, -0.1) is 11.3 Å². The van der Waals surface area contributed by atoms with Gasteiger partial charge in [0.1, 0.15) is 5.01 Å². The van der Waals surface area contributed by atoms with Gasteiger partial charge >= 0.3 is 0 Å². The molecule has 1 aliphatic rings. The highest BCUT2D eigenvalue weighted by Gasteiger charge is 2.17. The van der Waals surface area contributed by atoms with E-state index < -0.39 is 0 Å². The molecule has 2 N–H and O–H groups in total. The molecule has 1 aromatic carbocycles. The van der Waals surface area contributed by atoms with Gasteiger partial charge in [-0.25, -0.2) is 4.98 Å². The van der Waals surface area contributed by atoms with Gasteiger partial charge in [0.05, 0.1) is 0 Å². The molecule has 1 atom stereocenters. The lowest BCUT2D eigenvalue weighted by atomic mass is 9.94. The van der Waals surface area contributed by atoms with Crippen LogP contribution >= 0.6 is 11.3 Å². The van der Waals surface area contributed by atoms with Crippen molar-refractivity contribution in [1.29, 1.82) is 0 Å². The van der Waals surface area contributed by atoms with E-state index in [2.05, 4.69) is 45.3 Å². The number of thiazole rings is 1. The Morgan fingerprint density at radius 3 is 3.16 bits per heavy atom. The number of aromatic nitrogens is 1.